The number of aliphatic carboxylic acids is 1. The summed E-state index contributed by atoms with van der Waals surface area (Å²) < 4.78 is 5.47. The minimum absolute atomic E-state index is 0.0481. The first-order chi connectivity index (χ1) is 9.44. The van der Waals surface area contributed by atoms with Gasteiger partial charge in [-0.1, -0.05) is 20.8 Å². The van der Waals surface area contributed by atoms with Crippen LogP contribution in [0.2, 0.25) is 0 Å². The maximum atomic E-state index is 11.4. The highest BCUT2D eigenvalue weighted by Gasteiger charge is 2.42. The summed E-state index contributed by atoms with van der Waals surface area (Å²) in [5.74, 6) is 1.24. The van der Waals surface area contributed by atoms with Gasteiger partial charge in [0.1, 0.15) is 0 Å². The van der Waals surface area contributed by atoms with Gasteiger partial charge in [-0.15, -0.1) is 0 Å². The number of rotatable bonds is 5. The molecular formula is C15H27NO3S. The molecule has 20 heavy (non-hydrogen) atoms. The molecule has 2 aliphatic rings. The smallest absolute Gasteiger partial charge is 0.310 e. The molecule has 2 rings (SSSR count). The number of hydrogen-bond acceptors (Lipinski definition) is 4. The van der Waals surface area contributed by atoms with E-state index in [2.05, 4.69) is 25.7 Å². The molecule has 2 aliphatic heterocycles. The second-order valence-electron chi connectivity index (χ2n) is 6.82. The third-order valence-electron chi connectivity index (χ3n) is 4.34. The number of ether oxygens (including phenoxy) is 1. The molecule has 3 atom stereocenters. The molecule has 0 aromatic rings. The molecule has 0 spiro atoms. The van der Waals surface area contributed by atoms with Crippen molar-refractivity contribution in [1.29, 1.82) is 0 Å². The molecule has 0 aliphatic carbocycles. The highest BCUT2D eigenvalue weighted by Crippen LogP contribution is 2.37. The Kier molecular flexibility index (Phi) is 5.37. The molecule has 3 unspecified atom stereocenters. The zero-order valence-corrected chi connectivity index (χ0v) is 13.6. The maximum Gasteiger partial charge on any atom is 0.310 e. The zero-order chi connectivity index (χ0) is 14.8. The number of carboxylic acid groups (broad SMARTS) is 1. The summed E-state index contributed by atoms with van der Waals surface area (Å²) in [4.78, 5) is 13.8. The van der Waals surface area contributed by atoms with Crippen molar-refractivity contribution in [1.82, 2.24) is 4.90 Å². The Hall–Kier alpha value is -0.260. The van der Waals surface area contributed by atoms with Gasteiger partial charge < -0.3 is 9.84 Å². The quantitative estimate of drug-likeness (QED) is 0.844. The van der Waals surface area contributed by atoms with Crippen LogP contribution in [0, 0.1) is 11.3 Å². The first kappa shape index (κ1) is 16.1. The van der Waals surface area contributed by atoms with Crippen molar-refractivity contribution in [3.05, 3.63) is 0 Å². The molecule has 0 amide bonds. The summed E-state index contributed by atoms with van der Waals surface area (Å²) in [6, 6.07) is 0.532. The molecule has 2 fully saturated rings. The lowest BCUT2D eigenvalue weighted by molar-refractivity contribution is -0.143. The number of nitrogens with zero attached hydrogens (tertiary/aromatic N) is 1. The molecule has 0 aromatic heterocycles. The van der Waals surface area contributed by atoms with Gasteiger partial charge in [0.2, 0.25) is 0 Å². The summed E-state index contributed by atoms with van der Waals surface area (Å²) in [5, 5.41) is 9.39. The van der Waals surface area contributed by atoms with Crippen molar-refractivity contribution in [2.75, 3.05) is 31.3 Å². The zero-order valence-electron chi connectivity index (χ0n) is 12.8. The fourth-order valence-corrected chi connectivity index (χ4v) is 4.79. The second-order valence-corrected chi connectivity index (χ2v) is 7.85. The van der Waals surface area contributed by atoms with Crippen LogP contribution in [0.1, 0.15) is 33.6 Å². The van der Waals surface area contributed by atoms with Crippen LogP contribution >= 0.6 is 11.8 Å². The number of carbonyl (C=O) groups is 1. The number of thioether (sulfide) groups is 1. The van der Waals surface area contributed by atoms with Crippen LogP contribution in [0.25, 0.3) is 0 Å². The van der Waals surface area contributed by atoms with Crippen molar-refractivity contribution in [3.8, 4) is 0 Å². The standard InChI is InChI=1S/C15H27NO3S/c1-4-5-16(11-6-15(2,3)10-20-9-11)13-8-19-7-12(13)14(17)18/h11-13H,4-10H2,1-3H3,(H,17,18). The van der Waals surface area contributed by atoms with Gasteiger partial charge in [-0.05, 0) is 30.6 Å². The van der Waals surface area contributed by atoms with E-state index in [1.54, 1.807) is 0 Å². The van der Waals surface area contributed by atoms with E-state index >= 15 is 0 Å². The van der Waals surface area contributed by atoms with Crippen LogP contribution in [-0.2, 0) is 9.53 Å². The Morgan fingerprint density at radius 3 is 2.80 bits per heavy atom. The van der Waals surface area contributed by atoms with Gasteiger partial charge in [0.15, 0.2) is 0 Å². The predicted octanol–water partition coefficient (Wildman–Crippen LogP) is 2.33. The van der Waals surface area contributed by atoms with E-state index in [1.807, 2.05) is 11.8 Å². The van der Waals surface area contributed by atoms with E-state index in [1.165, 1.54) is 5.75 Å². The monoisotopic (exact) mass is 301 g/mol. The van der Waals surface area contributed by atoms with Gasteiger partial charge in [0.05, 0.1) is 19.1 Å². The van der Waals surface area contributed by atoms with Crippen LogP contribution in [0.15, 0.2) is 0 Å². The lowest BCUT2D eigenvalue weighted by Gasteiger charge is -2.44. The largest absolute Gasteiger partial charge is 0.481 e. The van der Waals surface area contributed by atoms with Gasteiger partial charge >= 0.3 is 5.97 Å². The predicted molar refractivity (Wildman–Crippen MR) is 82.2 cm³/mol. The molecule has 0 saturated carbocycles. The average molecular weight is 301 g/mol. The first-order valence-electron chi connectivity index (χ1n) is 7.58. The summed E-state index contributed by atoms with van der Waals surface area (Å²) in [7, 11) is 0. The normalized spacial score (nSPS) is 33.5. The van der Waals surface area contributed by atoms with Gasteiger partial charge in [0.25, 0.3) is 0 Å². The lowest BCUT2D eigenvalue weighted by Crippen LogP contribution is -2.52. The van der Waals surface area contributed by atoms with Gasteiger partial charge in [-0.2, -0.15) is 11.8 Å². The van der Waals surface area contributed by atoms with E-state index in [0.717, 1.165) is 25.1 Å². The minimum atomic E-state index is -0.712. The van der Waals surface area contributed by atoms with Crippen LogP contribution in [-0.4, -0.2) is 59.3 Å². The molecule has 0 radical (unpaired) electrons. The van der Waals surface area contributed by atoms with E-state index in [9.17, 15) is 9.90 Å². The van der Waals surface area contributed by atoms with E-state index in [4.69, 9.17) is 4.74 Å². The minimum Gasteiger partial charge on any atom is -0.481 e. The van der Waals surface area contributed by atoms with Crippen LogP contribution in [0.4, 0.5) is 0 Å². The SMILES string of the molecule is CCCN(C1CSCC(C)(C)C1)C1COCC1C(=O)O. The molecule has 2 heterocycles. The summed E-state index contributed by atoms with van der Waals surface area (Å²) in [5.41, 5.74) is 0.345. The maximum absolute atomic E-state index is 11.4. The molecule has 0 bridgehead atoms. The summed E-state index contributed by atoms with van der Waals surface area (Å²) in [6.45, 7) is 8.70. The van der Waals surface area contributed by atoms with E-state index in [-0.39, 0.29) is 12.0 Å². The highest BCUT2D eigenvalue weighted by molar-refractivity contribution is 7.99. The van der Waals surface area contributed by atoms with E-state index < -0.39 is 5.97 Å². The average Bonchev–Trinajstić information content (AvgIpc) is 2.83. The van der Waals surface area contributed by atoms with Gasteiger partial charge in [-0.25, -0.2) is 0 Å². The highest BCUT2D eigenvalue weighted by atomic mass is 32.2. The van der Waals surface area contributed by atoms with Crippen LogP contribution in [0.3, 0.4) is 0 Å². The molecule has 5 heteroatoms. The Balaban J connectivity index is 2.11. The Morgan fingerprint density at radius 1 is 1.45 bits per heavy atom. The topological polar surface area (TPSA) is 49.8 Å². The summed E-state index contributed by atoms with van der Waals surface area (Å²) in [6.07, 6.45) is 2.22. The second kappa shape index (κ2) is 6.67. The third-order valence-corrected chi connectivity index (χ3v) is 5.94. The lowest BCUT2D eigenvalue weighted by atomic mass is 9.86. The summed E-state index contributed by atoms with van der Waals surface area (Å²) >= 11 is 2.00. The third kappa shape index (κ3) is 3.68. The van der Waals surface area contributed by atoms with Crippen molar-refractivity contribution >= 4 is 17.7 Å². The molecule has 4 nitrogen and oxygen atoms in total. The molecule has 116 valence electrons. The van der Waals surface area contributed by atoms with Crippen LogP contribution in [0.5, 0.6) is 0 Å². The Bertz CT molecular complexity index is 348. The number of carboxylic acids is 1. The Morgan fingerprint density at radius 2 is 2.20 bits per heavy atom. The fourth-order valence-electron chi connectivity index (χ4n) is 3.42. The van der Waals surface area contributed by atoms with Crippen molar-refractivity contribution in [3.63, 3.8) is 0 Å². The Labute approximate surface area is 126 Å². The van der Waals surface area contributed by atoms with Crippen LogP contribution < -0.4 is 0 Å². The molecule has 0 aromatic carbocycles. The number of hydrogen-bond donors (Lipinski definition) is 1. The molecule has 2 saturated heterocycles. The van der Waals surface area contributed by atoms with Crippen molar-refractivity contribution in [2.45, 2.75) is 45.7 Å². The van der Waals surface area contributed by atoms with Gasteiger partial charge in [-0.3, -0.25) is 9.69 Å². The first-order valence-corrected chi connectivity index (χ1v) is 8.74. The van der Waals surface area contributed by atoms with Crippen molar-refractivity contribution in [2.24, 2.45) is 11.3 Å². The molecule has 1 N–H and O–H groups in total. The molecular weight excluding hydrogens is 274 g/mol. The van der Waals surface area contributed by atoms with Crippen molar-refractivity contribution < 1.29 is 14.6 Å². The fraction of sp³-hybridized carbons (Fsp3) is 0.933. The van der Waals surface area contributed by atoms with Gasteiger partial charge in [0, 0.05) is 17.8 Å². The van der Waals surface area contributed by atoms with E-state index in [0.29, 0.717) is 24.7 Å².